The molecule has 1 N–H and O–H groups in total. The van der Waals surface area contributed by atoms with E-state index < -0.39 is 5.97 Å². The summed E-state index contributed by atoms with van der Waals surface area (Å²) >= 11 is 5.60. The molecule has 0 aromatic heterocycles. The number of ether oxygens (including phenoxy) is 2. The average Bonchev–Trinajstić information content (AvgIpc) is 2.22. The summed E-state index contributed by atoms with van der Waals surface area (Å²) in [6.45, 7) is 0.438. The molecule has 0 aromatic carbocycles. The van der Waals surface area contributed by atoms with Gasteiger partial charge in [-0.2, -0.15) is 0 Å². The Balaban J connectivity index is 4.17. The highest BCUT2D eigenvalue weighted by Crippen LogP contribution is 2.14. The number of nitrogens with zero attached hydrogens (tertiary/aromatic N) is 1. The minimum Gasteiger partial charge on any atom is -0.469 e. The van der Waals surface area contributed by atoms with Crippen LogP contribution in [0.1, 0.15) is 12.8 Å². The van der Waals surface area contributed by atoms with Crippen LogP contribution in [0, 0.1) is 5.92 Å². The van der Waals surface area contributed by atoms with Gasteiger partial charge < -0.3 is 14.7 Å². The Hall–Kier alpha value is -0.810. The van der Waals surface area contributed by atoms with Crippen LogP contribution in [-0.2, 0) is 14.3 Å². The Morgan fingerprint density at radius 2 is 2.21 bits per heavy atom. The van der Waals surface area contributed by atoms with E-state index in [4.69, 9.17) is 21.5 Å². The quantitative estimate of drug-likeness (QED) is 0.318. The smallest absolute Gasteiger partial charge is 0.306 e. The zero-order valence-electron chi connectivity index (χ0n) is 8.20. The summed E-state index contributed by atoms with van der Waals surface area (Å²) in [7, 11) is 2.83. The molecule has 0 aliphatic carbocycles. The monoisotopic (exact) mass is 223 g/mol. The molecule has 0 saturated carbocycles. The van der Waals surface area contributed by atoms with Crippen molar-refractivity contribution in [2.45, 2.75) is 12.8 Å². The number of rotatable bonds is 6. The number of halogens is 1. The van der Waals surface area contributed by atoms with Crippen LogP contribution < -0.4 is 0 Å². The molecule has 1 unspecified atom stereocenters. The summed E-state index contributed by atoms with van der Waals surface area (Å²) in [5.74, 6) is -0.748. The zero-order chi connectivity index (χ0) is 11.0. The Morgan fingerprint density at radius 1 is 1.57 bits per heavy atom. The number of carbonyl (C=O) groups excluding carboxylic acids is 1. The molecule has 0 fully saturated rings. The second kappa shape index (κ2) is 7.58. The molecule has 0 aliphatic rings. The van der Waals surface area contributed by atoms with Crippen molar-refractivity contribution in [2.75, 3.05) is 20.8 Å². The summed E-state index contributed by atoms with van der Waals surface area (Å²) in [4.78, 5) is 10.9. The molecule has 1 atom stereocenters. The van der Waals surface area contributed by atoms with E-state index in [1.165, 1.54) is 7.11 Å². The van der Waals surface area contributed by atoms with Crippen molar-refractivity contribution in [1.29, 1.82) is 0 Å². The molecule has 14 heavy (non-hydrogen) atoms. The van der Waals surface area contributed by atoms with Gasteiger partial charge in [0.1, 0.15) is 5.17 Å². The lowest BCUT2D eigenvalue weighted by molar-refractivity contribution is -0.141. The van der Waals surface area contributed by atoms with Crippen molar-refractivity contribution in [2.24, 2.45) is 11.1 Å². The molecule has 0 aliphatic heterocycles. The number of oxime groups is 1. The van der Waals surface area contributed by atoms with Gasteiger partial charge in [0.2, 0.25) is 0 Å². The summed E-state index contributed by atoms with van der Waals surface area (Å²) in [5, 5.41) is 11.3. The van der Waals surface area contributed by atoms with Crippen LogP contribution in [0.2, 0.25) is 0 Å². The van der Waals surface area contributed by atoms with E-state index in [1.807, 2.05) is 0 Å². The van der Waals surface area contributed by atoms with Crippen LogP contribution >= 0.6 is 11.6 Å². The van der Waals surface area contributed by atoms with Gasteiger partial charge in [0.15, 0.2) is 0 Å². The average molecular weight is 224 g/mol. The van der Waals surface area contributed by atoms with E-state index in [9.17, 15) is 4.79 Å². The van der Waals surface area contributed by atoms with E-state index in [-0.39, 0.29) is 17.5 Å². The maximum absolute atomic E-state index is 10.9. The molecule has 0 aromatic rings. The highest BCUT2D eigenvalue weighted by atomic mass is 35.5. The Labute approximate surface area is 87.6 Å². The van der Waals surface area contributed by atoms with E-state index in [2.05, 4.69) is 9.89 Å². The van der Waals surface area contributed by atoms with Crippen molar-refractivity contribution >= 4 is 22.7 Å². The first-order chi connectivity index (χ1) is 6.65. The Bertz CT molecular complexity index is 208. The molecule has 6 heteroatoms. The molecule has 0 heterocycles. The van der Waals surface area contributed by atoms with Crippen molar-refractivity contribution in [3.05, 3.63) is 0 Å². The molecule has 0 saturated heterocycles. The van der Waals surface area contributed by atoms with Gasteiger partial charge in [0.25, 0.3) is 0 Å². The lowest BCUT2D eigenvalue weighted by Crippen LogP contribution is -2.17. The molecular weight excluding hydrogens is 210 g/mol. The highest BCUT2D eigenvalue weighted by Gasteiger charge is 2.19. The van der Waals surface area contributed by atoms with Gasteiger partial charge in [-0.3, -0.25) is 4.79 Å². The molecule has 5 nitrogen and oxygen atoms in total. The fraction of sp³-hybridized carbons (Fsp3) is 0.750. The third-order valence-electron chi connectivity index (χ3n) is 1.74. The standard InChI is InChI=1S/C8H14ClNO4/c1-13-4-3-6(8(9)10-12)5-7(11)14-2/h6,12H,3-5H2,1-2H3/b10-8-. The van der Waals surface area contributed by atoms with Gasteiger partial charge >= 0.3 is 5.97 Å². The third-order valence-corrected chi connectivity index (χ3v) is 2.13. The lowest BCUT2D eigenvalue weighted by atomic mass is 10.0. The number of hydrogen-bond acceptors (Lipinski definition) is 5. The van der Waals surface area contributed by atoms with E-state index in [0.717, 1.165) is 0 Å². The number of esters is 1. The normalized spacial score (nSPS) is 13.8. The second-order valence-electron chi connectivity index (χ2n) is 2.68. The highest BCUT2D eigenvalue weighted by molar-refractivity contribution is 6.65. The van der Waals surface area contributed by atoms with Crippen LogP contribution in [0.4, 0.5) is 0 Å². The maximum Gasteiger partial charge on any atom is 0.306 e. The zero-order valence-corrected chi connectivity index (χ0v) is 8.95. The Kier molecular flexibility index (Phi) is 7.14. The Morgan fingerprint density at radius 3 is 2.64 bits per heavy atom. The number of carbonyl (C=O) groups is 1. The summed E-state index contributed by atoms with van der Waals surface area (Å²) < 4.78 is 9.32. The van der Waals surface area contributed by atoms with Crippen LogP contribution in [0.15, 0.2) is 5.16 Å². The minimum absolute atomic E-state index is 0.00699. The van der Waals surface area contributed by atoms with Gasteiger partial charge in [-0.05, 0) is 6.42 Å². The van der Waals surface area contributed by atoms with Crippen molar-refractivity contribution in [3.63, 3.8) is 0 Å². The molecule has 0 amide bonds. The lowest BCUT2D eigenvalue weighted by Gasteiger charge is -2.11. The van der Waals surface area contributed by atoms with Crippen molar-refractivity contribution in [1.82, 2.24) is 0 Å². The summed E-state index contributed by atoms with van der Waals surface area (Å²) in [5.41, 5.74) is 0. The maximum atomic E-state index is 10.9. The first kappa shape index (κ1) is 13.2. The van der Waals surface area contributed by atoms with Crippen molar-refractivity contribution < 1.29 is 19.5 Å². The third kappa shape index (κ3) is 5.04. The summed E-state index contributed by atoms with van der Waals surface area (Å²) in [6, 6.07) is 0. The van der Waals surface area contributed by atoms with Crippen LogP contribution in [0.3, 0.4) is 0 Å². The fourth-order valence-corrected chi connectivity index (χ4v) is 1.12. The van der Waals surface area contributed by atoms with Crippen LogP contribution in [0.5, 0.6) is 0 Å². The number of methoxy groups -OCH3 is 2. The molecule has 0 bridgehead atoms. The van der Waals surface area contributed by atoms with Gasteiger partial charge in [-0.15, -0.1) is 0 Å². The van der Waals surface area contributed by atoms with Crippen molar-refractivity contribution in [3.8, 4) is 0 Å². The fourth-order valence-electron chi connectivity index (χ4n) is 0.932. The molecule has 0 radical (unpaired) electrons. The first-order valence-electron chi connectivity index (χ1n) is 4.08. The topological polar surface area (TPSA) is 68.1 Å². The van der Waals surface area contributed by atoms with Gasteiger partial charge in [0, 0.05) is 19.6 Å². The molecule has 0 spiro atoms. The van der Waals surface area contributed by atoms with E-state index in [1.54, 1.807) is 7.11 Å². The van der Waals surface area contributed by atoms with Gasteiger partial charge in [-0.25, -0.2) is 0 Å². The van der Waals surface area contributed by atoms with E-state index >= 15 is 0 Å². The number of hydrogen-bond donors (Lipinski definition) is 1. The molecular formula is C8H14ClNO4. The minimum atomic E-state index is -0.395. The second-order valence-corrected chi connectivity index (χ2v) is 3.07. The predicted octanol–water partition coefficient (Wildman–Crippen LogP) is 1.23. The first-order valence-corrected chi connectivity index (χ1v) is 4.46. The van der Waals surface area contributed by atoms with Crippen LogP contribution in [0.25, 0.3) is 0 Å². The molecule has 0 rings (SSSR count). The SMILES string of the molecule is COCCC(CC(=O)OC)/C(Cl)=N/O. The van der Waals surface area contributed by atoms with Gasteiger partial charge in [0.05, 0.1) is 13.5 Å². The van der Waals surface area contributed by atoms with E-state index in [0.29, 0.717) is 13.0 Å². The van der Waals surface area contributed by atoms with Gasteiger partial charge in [-0.1, -0.05) is 16.8 Å². The summed E-state index contributed by atoms with van der Waals surface area (Å²) in [6.07, 6.45) is 0.594. The predicted molar refractivity (Wildman–Crippen MR) is 51.7 cm³/mol. The molecule has 82 valence electrons. The van der Waals surface area contributed by atoms with Crippen LogP contribution in [-0.4, -0.2) is 37.2 Å². The largest absolute Gasteiger partial charge is 0.469 e.